The summed E-state index contributed by atoms with van der Waals surface area (Å²) in [4.78, 5) is 12.6. The number of rotatable bonds is 4. The molecule has 0 saturated heterocycles. The first kappa shape index (κ1) is 16.0. The fraction of sp³-hybridized carbons (Fsp3) is 0.190. The van der Waals surface area contributed by atoms with Gasteiger partial charge in [0, 0.05) is 16.1 Å². The molecule has 1 amide bonds. The van der Waals surface area contributed by atoms with Crippen LogP contribution in [0.5, 0.6) is 5.75 Å². The molecule has 1 unspecified atom stereocenters. The van der Waals surface area contributed by atoms with Gasteiger partial charge in [0.05, 0.1) is 0 Å². The lowest BCUT2D eigenvalue weighted by atomic mass is 10.0. The number of amides is 1. The molecule has 1 aliphatic carbocycles. The van der Waals surface area contributed by atoms with Crippen molar-refractivity contribution in [2.45, 2.75) is 25.9 Å². The number of anilines is 1. The molecule has 0 bridgehead atoms. The van der Waals surface area contributed by atoms with Crippen molar-refractivity contribution in [1.29, 1.82) is 0 Å². The highest BCUT2D eigenvalue weighted by Crippen LogP contribution is 2.35. The molecule has 1 N–H and O–H groups in total. The molecule has 4 heteroatoms. The molecule has 1 atom stereocenters. The minimum absolute atomic E-state index is 0.173. The van der Waals surface area contributed by atoms with E-state index in [0.29, 0.717) is 10.8 Å². The Bertz CT molecular complexity index is 940. The Morgan fingerprint density at radius 3 is 2.52 bits per heavy atom. The van der Waals surface area contributed by atoms with Crippen LogP contribution < -0.4 is 10.1 Å². The lowest BCUT2D eigenvalue weighted by Gasteiger charge is -2.16. The number of aryl methyl sites for hydroxylation is 2. The molecule has 0 heterocycles. The highest BCUT2D eigenvalue weighted by Gasteiger charge is 2.19. The first-order chi connectivity index (χ1) is 12.1. The molecule has 1 aliphatic rings. The summed E-state index contributed by atoms with van der Waals surface area (Å²) in [6, 6.07) is 17.4. The Balaban J connectivity index is 1.55. The van der Waals surface area contributed by atoms with Crippen LogP contribution >= 0.6 is 11.6 Å². The van der Waals surface area contributed by atoms with Crippen molar-refractivity contribution < 1.29 is 9.53 Å². The molecule has 3 aromatic carbocycles. The highest BCUT2D eigenvalue weighted by molar-refractivity contribution is 6.30. The Hall–Kier alpha value is -2.52. The van der Waals surface area contributed by atoms with Gasteiger partial charge in [-0.2, -0.15) is 0 Å². The summed E-state index contributed by atoms with van der Waals surface area (Å²) in [7, 11) is 0. The zero-order chi connectivity index (χ0) is 17.4. The maximum atomic E-state index is 12.6. The first-order valence-electron chi connectivity index (χ1n) is 8.38. The van der Waals surface area contributed by atoms with E-state index in [1.165, 1.54) is 16.5 Å². The van der Waals surface area contributed by atoms with Crippen LogP contribution in [0.3, 0.4) is 0 Å². The third-order valence-electron chi connectivity index (χ3n) is 4.63. The second kappa shape index (κ2) is 6.41. The van der Waals surface area contributed by atoms with Crippen LogP contribution in [0.4, 0.5) is 5.69 Å². The normalized spacial score (nSPS) is 13.7. The Kier molecular flexibility index (Phi) is 4.10. The summed E-state index contributed by atoms with van der Waals surface area (Å²) in [6.45, 7) is 1.74. The minimum Gasteiger partial charge on any atom is -0.481 e. The first-order valence-corrected chi connectivity index (χ1v) is 8.76. The van der Waals surface area contributed by atoms with Crippen molar-refractivity contribution in [3.05, 3.63) is 70.7 Å². The van der Waals surface area contributed by atoms with Crippen LogP contribution in [0.25, 0.3) is 10.8 Å². The minimum atomic E-state index is -0.607. The second-order valence-electron chi connectivity index (χ2n) is 6.32. The third kappa shape index (κ3) is 3.08. The summed E-state index contributed by atoms with van der Waals surface area (Å²) in [5.41, 5.74) is 3.54. The van der Waals surface area contributed by atoms with Crippen LogP contribution in [0.2, 0.25) is 5.02 Å². The van der Waals surface area contributed by atoms with E-state index in [4.69, 9.17) is 16.3 Å². The van der Waals surface area contributed by atoms with Crippen molar-refractivity contribution in [3.8, 4) is 5.75 Å². The van der Waals surface area contributed by atoms with Crippen molar-refractivity contribution in [2.24, 2.45) is 0 Å². The van der Waals surface area contributed by atoms with Crippen molar-refractivity contribution in [2.75, 3.05) is 5.32 Å². The van der Waals surface area contributed by atoms with Crippen LogP contribution in [-0.4, -0.2) is 12.0 Å². The fourth-order valence-corrected chi connectivity index (χ4v) is 3.49. The number of carbonyl (C=O) groups is 1. The second-order valence-corrected chi connectivity index (χ2v) is 6.75. The Morgan fingerprint density at radius 2 is 1.76 bits per heavy atom. The number of carbonyl (C=O) groups excluding carboxylic acids is 1. The van der Waals surface area contributed by atoms with E-state index in [2.05, 4.69) is 29.6 Å². The van der Waals surface area contributed by atoms with E-state index in [9.17, 15) is 4.79 Å². The van der Waals surface area contributed by atoms with Gasteiger partial charge in [-0.05, 0) is 66.6 Å². The van der Waals surface area contributed by atoms with Gasteiger partial charge in [-0.3, -0.25) is 4.79 Å². The summed E-state index contributed by atoms with van der Waals surface area (Å²) < 4.78 is 5.70. The zero-order valence-electron chi connectivity index (χ0n) is 13.9. The van der Waals surface area contributed by atoms with Crippen molar-refractivity contribution >= 4 is 34.0 Å². The summed E-state index contributed by atoms with van der Waals surface area (Å²) >= 11 is 5.87. The van der Waals surface area contributed by atoms with Gasteiger partial charge in [0.15, 0.2) is 6.10 Å². The van der Waals surface area contributed by atoms with E-state index in [0.717, 1.165) is 23.9 Å². The van der Waals surface area contributed by atoms with Gasteiger partial charge < -0.3 is 10.1 Å². The molecule has 0 radical (unpaired) electrons. The van der Waals surface area contributed by atoms with Crippen molar-refractivity contribution in [1.82, 2.24) is 0 Å². The summed E-state index contributed by atoms with van der Waals surface area (Å²) in [5, 5.41) is 6.03. The Labute approximate surface area is 151 Å². The number of halogens is 1. The van der Waals surface area contributed by atoms with Crippen LogP contribution in [0.15, 0.2) is 54.6 Å². The Morgan fingerprint density at radius 1 is 1.04 bits per heavy atom. The molecule has 126 valence electrons. The topological polar surface area (TPSA) is 38.3 Å². The molecule has 0 fully saturated rings. The maximum absolute atomic E-state index is 12.6. The van der Waals surface area contributed by atoms with E-state index in [1.54, 1.807) is 31.2 Å². The molecule has 0 aliphatic heterocycles. The fourth-order valence-electron chi connectivity index (χ4n) is 3.36. The number of benzene rings is 3. The molecular weight excluding hydrogens is 334 g/mol. The monoisotopic (exact) mass is 351 g/mol. The quantitative estimate of drug-likeness (QED) is 0.718. The third-order valence-corrected chi connectivity index (χ3v) is 4.88. The van der Waals surface area contributed by atoms with Gasteiger partial charge in [0.1, 0.15) is 5.75 Å². The molecular formula is C21H18ClNO2. The van der Waals surface area contributed by atoms with Crippen LogP contribution in [0.1, 0.15) is 18.1 Å². The molecule has 0 aromatic heterocycles. The average Bonchev–Trinajstić information content (AvgIpc) is 3.04. The van der Waals surface area contributed by atoms with E-state index < -0.39 is 6.10 Å². The number of hydrogen-bond acceptors (Lipinski definition) is 2. The van der Waals surface area contributed by atoms with E-state index in [-0.39, 0.29) is 5.91 Å². The molecule has 25 heavy (non-hydrogen) atoms. The SMILES string of the molecule is CC(Oc1ccc(Cl)cc1)C(=O)Nc1ccc2c3c(cccc13)CC2. The lowest BCUT2D eigenvalue weighted by molar-refractivity contribution is -0.122. The zero-order valence-corrected chi connectivity index (χ0v) is 14.6. The molecule has 4 rings (SSSR count). The van der Waals surface area contributed by atoms with Gasteiger partial charge in [-0.25, -0.2) is 0 Å². The largest absolute Gasteiger partial charge is 0.481 e. The molecule has 0 spiro atoms. The predicted octanol–water partition coefficient (Wildman–Crippen LogP) is 5.00. The van der Waals surface area contributed by atoms with Gasteiger partial charge in [0.2, 0.25) is 0 Å². The van der Waals surface area contributed by atoms with Crippen molar-refractivity contribution in [3.63, 3.8) is 0 Å². The van der Waals surface area contributed by atoms with Gasteiger partial charge >= 0.3 is 0 Å². The molecule has 3 aromatic rings. The summed E-state index contributed by atoms with van der Waals surface area (Å²) in [5.74, 6) is 0.445. The molecule has 0 saturated carbocycles. The summed E-state index contributed by atoms with van der Waals surface area (Å²) in [6.07, 6.45) is 1.53. The van der Waals surface area contributed by atoms with E-state index >= 15 is 0 Å². The van der Waals surface area contributed by atoms with Gasteiger partial charge in [0.25, 0.3) is 5.91 Å². The van der Waals surface area contributed by atoms with E-state index in [1.807, 2.05) is 6.07 Å². The van der Waals surface area contributed by atoms with Gasteiger partial charge in [-0.15, -0.1) is 0 Å². The predicted molar refractivity (Wildman–Crippen MR) is 102 cm³/mol. The van der Waals surface area contributed by atoms with Crippen LogP contribution in [-0.2, 0) is 17.6 Å². The van der Waals surface area contributed by atoms with Crippen LogP contribution in [0, 0.1) is 0 Å². The molecule has 3 nitrogen and oxygen atoms in total. The number of ether oxygens (including phenoxy) is 1. The highest BCUT2D eigenvalue weighted by atomic mass is 35.5. The number of hydrogen-bond donors (Lipinski definition) is 1. The smallest absolute Gasteiger partial charge is 0.265 e. The maximum Gasteiger partial charge on any atom is 0.265 e. The van der Waals surface area contributed by atoms with Gasteiger partial charge in [-0.1, -0.05) is 35.9 Å². The lowest BCUT2D eigenvalue weighted by Crippen LogP contribution is -2.30. The average molecular weight is 352 g/mol. The standard InChI is InChI=1S/C21H18ClNO2/c1-13(25-17-10-8-16(22)9-11-17)21(24)23-19-12-7-15-6-5-14-3-2-4-18(19)20(14)15/h2-4,7-13H,5-6H2,1H3,(H,23,24). The number of nitrogens with one attached hydrogen (secondary N) is 1.